The number of hydrogen-bond donors (Lipinski definition) is 1. The van der Waals surface area contributed by atoms with E-state index in [2.05, 4.69) is 10.3 Å². The number of pyridine rings is 1. The predicted molar refractivity (Wildman–Crippen MR) is 69.7 cm³/mol. The van der Waals surface area contributed by atoms with Gasteiger partial charge in [-0.05, 0) is 12.1 Å². The number of hydrogen-bond acceptors (Lipinski definition) is 4. The van der Waals surface area contributed by atoms with Crippen LogP contribution in [0.4, 0.5) is 11.4 Å². The number of halogens is 1. The number of nitro groups is 1. The first-order valence-electron chi connectivity index (χ1n) is 5.25. The smallest absolute Gasteiger partial charge is 0.274 e. The second kappa shape index (κ2) is 5.46. The van der Waals surface area contributed by atoms with Crippen LogP contribution in [0.2, 0.25) is 5.15 Å². The molecule has 92 valence electrons. The molecule has 5 nitrogen and oxygen atoms in total. The lowest BCUT2D eigenvalue weighted by Crippen LogP contribution is -2.03. The van der Waals surface area contributed by atoms with Crippen LogP contribution in [0.25, 0.3) is 0 Å². The molecule has 0 amide bonds. The molecule has 1 aromatic carbocycles. The molecule has 0 radical (unpaired) electrons. The first-order valence-corrected chi connectivity index (χ1v) is 5.63. The highest BCUT2D eigenvalue weighted by molar-refractivity contribution is 6.31. The van der Waals surface area contributed by atoms with E-state index in [1.54, 1.807) is 36.5 Å². The van der Waals surface area contributed by atoms with Crippen molar-refractivity contribution >= 4 is 23.0 Å². The summed E-state index contributed by atoms with van der Waals surface area (Å²) in [6, 6.07) is 10.1. The van der Waals surface area contributed by atoms with E-state index in [-0.39, 0.29) is 5.69 Å². The Kier molecular flexibility index (Phi) is 3.74. The highest BCUT2D eigenvalue weighted by atomic mass is 35.5. The molecule has 0 aliphatic carbocycles. The first kappa shape index (κ1) is 12.3. The van der Waals surface area contributed by atoms with E-state index >= 15 is 0 Å². The van der Waals surface area contributed by atoms with Gasteiger partial charge in [-0.25, -0.2) is 4.98 Å². The molecule has 0 unspecified atom stereocenters. The molecule has 1 N–H and O–H groups in total. The van der Waals surface area contributed by atoms with Crippen molar-refractivity contribution in [1.82, 2.24) is 4.98 Å². The lowest BCUT2D eigenvalue weighted by Gasteiger charge is -2.07. The number of benzene rings is 1. The predicted octanol–water partition coefficient (Wildman–Crippen LogP) is 3.26. The number of anilines is 1. The Balaban J connectivity index is 2.16. The van der Waals surface area contributed by atoms with Crippen LogP contribution in [0.5, 0.6) is 0 Å². The molecule has 0 bridgehead atoms. The summed E-state index contributed by atoms with van der Waals surface area (Å²) in [6.45, 7) is 0.322. The van der Waals surface area contributed by atoms with Gasteiger partial charge in [0.05, 0.1) is 10.6 Å². The van der Waals surface area contributed by atoms with Gasteiger partial charge in [-0.1, -0.05) is 29.8 Å². The fourth-order valence-corrected chi connectivity index (χ4v) is 1.73. The topological polar surface area (TPSA) is 68.1 Å². The van der Waals surface area contributed by atoms with Crippen LogP contribution >= 0.6 is 11.6 Å². The third-order valence-corrected chi connectivity index (χ3v) is 2.72. The van der Waals surface area contributed by atoms with Gasteiger partial charge in [-0.3, -0.25) is 10.1 Å². The molecule has 0 saturated heterocycles. The van der Waals surface area contributed by atoms with Crippen LogP contribution in [-0.2, 0) is 6.54 Å². The molecule has 0 saturated carbocycles. The number of rotatable bonds is 4. The van der Waals surface area contributed by atoms with E-state index in [0.29, 0.717) is 22.9 Å². The first-order chi connectivity index (χ1) is 8.68. The number of aromatic nitrogens is 1. The monoisotopic (exact) mass is 263 g/mol. The minimum Gasteiger partial charge on any atom is -0.378 e. The van der Waals surface area contributed by atoms with E-state index in [1.165, 1.54) is 6.07 Å². The van der Waals surface area contributed by atoms with Gasteiger partial charge in [0.1, 0.15) is 0 Å². The molecule has 1 heterocycles. The van der Waals surface area contributed by atoms with E-state index in [4.69, 9.17) is 11.6 Å². The number of nitro benzene ring substituents is 1. The maximum atomic E-state index is 10.8. The van der Waals surface area contributed by atoms with Gasteiger partial charge in [0.2, 0.25) is 0 Å². The van der Waals surface area contributed by atoms with Gasteiger partial charge >= 0.3 is 0 Å². The highest BCUT2D eigenvalue weighted by Gasteiger charge is 2.12. The minimum atomic E-state index is -0.401. The van der Waals surface area contributed by atoms with Gasteiger partial charge in [-0.15, -0.1) is 0 Å². The van der Waals surface area contributed by atoms with Crippen molar-refractivity contribution in [3.63, 3.8) is 0 Å². The largest absolute Gasteiger partial charge is 0.378 e. The number of para-hydroxylation sites is 1. The zero-order valence-corrected chi connectivity index (χ0v) is 10.1. The lowest BCUT2D eigenvalue weighted by molar-refractivity contribution is -0.385. The third kappa shape index (κ3) is 2.75. The standard InChI is InChI=1S/C12H10ClN3O2/c13-12-10(5-3-7-14-12)15-8-9-4-1-2-6-11(9)16(17)18/h1-7,15H,8H2. The minimum absolute atomic E-state index is 0.0880. The molecule has 1 aromatic heterocycles. The molecule has 0 fully saturated rings. The van der Waals surface area contributed by atoms with Crippen LogP contribution < -0.4 is 5.32 Å². The van der Waals surface area contributed by atoms with Crippen LogP contribution in [-0.4, -0.2) is 9.91 Å². The molecule has 0 aliphatic heterocycles. The Morgan fingerprint density at radius 1 is 1.28 bits per heavy atom. The summed E-state index contributed by atoms with van der Waals surface area (Å²) in [5.41, 5.74) is 1.34. The van der Waals surface area contributed by atoms with Crippen molar-refractivity contribution in [2.24, 2.45) is 0 Å². The molecule has 6 heteroatoms. The highest BCUT2D eigenvalue weighted by Crippen LogP contribution is 2.22. The van der Waals surface area contributed by atoms with Crippen molar-refractivity contribution in [2.45, 2.75) is 6.54 Å². The van der Waals surface area contributed by atoms with Crippen molar-refractivity contribution in [3.05, 3.63) is 63.4 Å². The summed E-state index contributed by atoms with van der Waals surface area (Å²) in [4.78, 5) is 14.4. The Morgan fingerprint density at radius 3 is 2.78 bits per heavy atom. The summed E-state index contributed by atoms with van der Waals surface area (Å²) in [5, 5.41) is 14.2. The van der Waals surface area contributed by atoms with Crippen LogP contribution in [0.15, 0.2) is 42.6 Å². The quantitative estimate of drug-likeness (QED) is 0.522. The summed E-state index contributed by atoms with van der Waals surface area (Å²) in [5.74, 6) is 0. The summed E-state index contributed by atoms with van der Waals surface area (Å²) in [6.07, 6.45) is 1.58. The molecular weight excluding hydrogens is 254 g/mol. The zero-order valence-electron chi connectivity index (χ0n) is 9.34. The Bertz CT molecular complexity index is 575. The third-order valence-electron chi connectivity index (χ3n) is 2.42. The zero-order chi connectivity index (χ0) is 13.0. The Labute approximate surface area is 109 Å². The van der Waals surface area contributed by atoms with Gasteiger partial charge in [-0.2, -0.15) is 0 Å². The van der Waals surface area contributed by atoms with E-state index in [9.17, 15) is 10.1 Å². The fourth-order valence-electron chi connectivity index (χ4n) is 1.55. The van der Waals surface area contributed by atoms with Gasteiger partial charge in [0.15, 0.2) is 5.15 Å². The van der Waals surface area contributed by atoms with E-state index < -0.39 is 4.92 Å². The second-order valence-corrected chi connectivity index (χ2v) is 3.94. The SMILES string of the molecule is O=[N+]([O-])c1ccccc1CNc1cccnc1Cl. The van der Waals surface area contributed by atoms with Crippen molar-refractivity contribution < 1.29 is 4.92 Å². The molecule has 0 atom stereocenters. The normalized spacial score (nSPS) is 10.1. The van der Waals surface area contributed by atoms with Crippen LogP contribution in [0.1, 0.15) is 5.56 Å². The Morgan fingerprint density at radius 2 is 2.06 bits per heavy atom. The summed E-state index contributed by atoms with van der Waals surface area (Å²) in [7, 11) is 0. The fraction of sp³-hybridized carbons (Fsp3) is 0.0833. The average Bonchev–Trinajstić information content (AvgIpc) is 2.38. The van der Waals surface area contributed by atoms with E-state index in [0.717, 1.165) is 0 Å². The number of nitrogens with zero attached hydrogens (tertiary/aromatic N) is 2. The molecule has 0 spiro atoms. The summed E-state index contributed by atoms with van der Waals surface area (Å²) < 4.78 is 0. The van der Waals surface area contributed by atoms with E-state index in [1.807, 2.05) is 0 Å². The van der Waals surface area contributed by atoms with Crippen LogP contribution in [0, 0.1) is 10.1 Å². The lowest BCUT2D eigenvalue weighted by atomic mass is 10.2. The van der Waals surface area contributed by atoms with Crippen molar-refractivity contribution in [1.29, 1.82) is 0 Å². The van der Waals surface area contributed by atoms with Gasteiger partial charge in [0, 0.05) is 24.4 Å². The molecular formula is C12H10ClN3O2. The molecule has 2 rings (SSSR count). The van der Waals surface area contributed by atoms with Crippen molar-refractivity contribution in [3.8, 4) is 0 Å². The van der Waals surface area contributed by atoms with Crippen molar-refractivity contribution in [2.75, 3.05) is 5.32 Å². The van der Waals surface area contributed by atoms with Gasteiger partial charge in [0.25, 0.3) is 5.69 Å². The Hall–Kier alpha value is -2.14. The van der Waals surface area contributed by atoms with Gasteiger partial charge < -0.3 is 5.32 Å². The molecule has 0 aliphatic rings. The second-order valence-electron chi connectivity index (χ2n) is 3.58. The van der Waals surface area contributed by atoms with Crippen LogP contribution in [0.3, 0.4) is 0 Å². The maximum Gasteiger partial charge on any atom is 0.274 e. The molecule has 2 aromatic rings. The molecule has 18 heavy (non-hydrogen) atoms. The summed E-state index contributed by atoms with van der Waals surface area (Å²) >= 11 is 5.89. The average molecular weight is 264 g/mol. The maximum absolute atomic E-state index is 10.8. The number of nitrogens with one attached hydrogen (secondary N) is 1.